The first-order valence-corrected chi connectivity index (χ1v) is 9.65. The highest BCUT2D eigenvalue weighted by Gasteiger charge is 2.13. The molecule has 0 radical (unpaired) electrons. The zero-order chi connectivity index (χ0) is 14.3. The van der Waals surface area contributed by atoms with Crippen LogP contribution >= 0.6 is 0 Å². The molecule has 1 atom stereocenters. The molecule has 2 aromatic rings. The topological polar surface area (TPSA) is 18.5 Å². The predicted octanol–water partition coefficient (Wildman–Crippen LogP) is 3.67. The summed E-state index contributed by atoms with van der Waals surface area (Å²) in [5.41, 5.74) is 2.01. The Hall–Kier alpha value is -1.58. The van der Waals surface area contributed by atoms with Gasteiger partial charge in [-0.2, -0.15) is 0 Å². The lowest BCUT2D eigenvalue weighted by molar-refractivity contribution is 0.0649. The van der Waals surface area contributed by atoms with E-state index in [1.54, 1.807) is 0 Å². The van der Waals surface area contributed by atoms with Gasteiger partial charge in [-0.1, -0.05) is 35.9 Å². The van der Waals surface area contributed by atoms with Crippen molar-refractivity contribution in [2.45, 2.75) is 31.0 Å². The average Bonchev–Trinajstić information content (AvgIpc) is 2.56. The smallest absolute Gasteiger partial charge is 0.127 e. The van der Waals surface area contributed by atoms with E-state index in [2.05, 4.69) is 24.3 Å². The van der Waals surface area contributed by atoms with Crippen LogP contribution < -0.4 is 4.74 Å². The van der Waals surface area contributed by atoms with E-state index in [-0.39, 0.29) is 9.52 Å². The molecule has 2 nitrogen and oxygen atoms in total. The van der Waals surface area contributed by atoms with Gasteiger partial charge in [-0.3, -0.25) is 0 Å². The van der Waals surface area contributed by atoms with Gasteiger partial charge < -0.3 is 9.47 Å². The second kappa shape index (κ2) is 7.43. The van der Waals surface area contributed by atoms with Crippen LogP contribution in [0.1, 0.15) is 24.8 Å². The lowest BCUT2D eigenvalue weighted by Crippen LogP contribution is -2.26. The van der Waals surface area contributed by atoms with Crippen molar-refractivity contribution in [2.24, 2.45) is 0 Å². The fourth-order valence-electron chi connectivity index (χ4n) is 2.71. The van der Waals surface area contributed by atoms with Gasteiger partial charge in [0.2, 0.25) is 0 Å². The normalized spacial score (nSPS) is 19.0. The van der Waals surface area contributed by atoms with E-state index >= 15 is 0 Å². The van der Waals surface area contributed by atoms with Crippen molar-refractivity contribution < 1.29 is 9.47 Å². The van der Waals surface area contributed by atoms with Crippen LogP contribution in [0, 0.1) is 0 Å². The van der Waals surface area contributed by atoms with E-state index in [0.717, 1.165) is 18.1 Å². The maximum atomic E-state index is 5.84. The monoisotopic (exact) mass is 298 g/mol. The van der Waals surface area contributed by atoms with Gasteiger partial charge in [0.1, 0.15) is 11.5 Å². The standard InChI is InChI=1S/C18H22O2Si/c1-2-6-16(7-3-1)20-17-11-9-15(10-12-17)14-21-18-8-4-5-13-19-18/h1-3,6-7,9-12,18H,4-5,8,13-14,21H2. The highest BCUT2D eigenvalue weighted by Crippen LogP contribution is 2.21. The van der Waals surface area contributed by atoms with E-state index in [4.69, 9.17) is 9.47 Å². The van der Waals surface area contributed by atoms with Crippen LogP contribution in [0.5, 0.6) is 11.5 Å². The minimum Gasteiger partial charge on any atom is -0.457 e. The van der Waals surface area contributed by atoms with Crippen LogP contribution in [0.3, 0.4) is 0 Å². The molecule has 3 rings (SSSR count). The van der Waals surface area contributed by atoms with Crippen molar-refractivity contribution in [1.82, 2.24) is 0 Å². The third-order valence-corrected chi connectivity index (χ3v) is 6.09. The van der Waals surface area contributed by atoms with Crippen LogP contribution in [0.4, 0.5) is 0 Å². The van der Waals surface area contributed by atoms with Crippen LogP contribution in [0.25, 0.3) is 0 Å². The zero-order valence-corrected chi connectivity index (χ0v) is 13.7. The largest absolute Gasteiger partial charge is 0.457 e. The number of benzene rings is 2. The number of hydrogen-bond acceptors (Lipinski definition) is 2. The van der Waals surface area contributed by atoms with Crippen LogP contribution in [-0.2, 0) is 10.8 Å². The Morgan fingerprint density at radius 1 is 0.952 bits per heavy atom. The van der Waals surface area contributed by atoms with Crippen molar-refractivity contribution >= 4 is 9.52 Å². The van der Waals surface area contributed by atoms with Gasteiger partial charge >= 0.3 is 0 Å². The Morgan fingerprint density at radius 2 is 1.71 bits per heavy atom. The second-order valence-electron chi connectivity index (χ2n) is 5.59. The Morgan fingerprint density at radius 3 is 2.43 bits per heavy atom. The number of para-hydroxylation sites is 1. The molecule has 2 aromatic carbocycles. The molecular formula is C18H22O2Si. The fourth-order valence-corrected chi connectivity index (χ4v) is 4.61. The summed E-state index contributed by atoms with van der Waals surface area (Å²) in [6, 6.07) is 19.6. The Kier molecular flexibility index (Phi) is 5.08. The van der Waals surface area contributed by atoms with E-state index in [0.29, 0.717) is 5.73 Å². The van der Waals surface area contributed by atoms with E-state index in [1.165, 1.54) is 30.9 Å². The van der Waals surface area contributed by atoms with E-state index in [9.17, 15) is 0 Å². The second-order valence-corrected chi connectivity index (χ2v) is 7.57. The number of rotatable bonds is 5. The van der Waals surface area contributed by atoms with Gasteiger partial charge in [0.05, 0.1) is 9.52 Å². The van der Waals surface area contributed by atoms with E-state index in [1.807, 2.05) is 30.3 Å². The molecule has 0 amide bonds. The van der Waals surface area contributed by atoms with Crippen molar-refractivity contribution in [3.8, 4) is 11.5 Å². The van der Waals surface area contributed by atoms with Crippen molar-refractivity contribution in [3.63, 3.8) is 0 Å². The summed E-state index contributed by atoms with van der Waals surface area (Å²) < 4.78 is 11.7. The molecule has 0 bridgehead atoms. The van der Waals surface area contributed by atoms with Gasteiger partial charge in [-0.25, -0.2) is 0 Å². The van der Waals surface area contributed by atoms with Gasteiger partial charge in [-0.05, 0) is 49.6 Å². The summed E-state index contributed by atoms with van der Waals surface area (Å²) in [6.07, 6.45) is 3.87. The molecule has 0 N–H and O–H groups in total. The molecule has 3 heteroatoms. The molecule has 1 aliphatic rings. The molecule has 0 saturated carbocycles. The van der Waals surface area contributed by atoms with Crippen LogP contribution in [-0.4, -0.2) is 21.9 Å². The summed E-state index contributed by atoms with van der Waals surface area (Å²) in [6.45, 7) is 0.974. The predicted molar refractivity (Wildman–Crippen MR) is 88.8 cm³/mol. The van der Waals surface area contributed by atoms with Gasteiger partial charge in [0, 0.05) is 12.3 Å². The first kappa shape index (κ1) is 14.4. The lowest BCUT2D eigenvalue weighted by Gasteiger charge is -2.22. The maximum Gasteiger partial charge on any atom is 0.127 e. The molecule has 1 aliphatic heterocycles. The van der Waals surface area contributed by atoms with Crippen molar-refractivity contribution in [1.29, 1.82) is 0 Å². The molecule has 0 aliphatic carbocycles. The van der Waals surface area contributed by atoms with Gasteiger partial charge in [-0.15, -0.1) is 0 Å². The average molecular weight is 298 g/mol. The molecule has 0 spiro atoms. The summed E-state index contributed by atoms with van der Waals surface area (Å²) >= 11 is 0. The minimum absolute atomic E-state index is 0.165. The third-order valence-electron chi connectivity index (χ3n) is 3.93. The molecule has 0 aromatic heterocycles. The molecular weight excluding hydrogens is 276 g/mol. The van der Waals surface area contributed by atoms with E-state index < -0.39 is 0 Å². The number of ether oxygens (including phenoxy) is 2. The highest BCUT2D eigenvalue weighted by molar-refractivity contribution is 6.36. The van der Waals surface area contributed by atoms with Crippen LogP contribution in [0.15, 0.2) is 54.6 Å². The summed E-state index contributed by atoms with van der Waals surface area (Å²) in [5.74, 6) is 1.79. The fraction of sp³-hybridized carbons (Fsp3) is 0.333. The molecule has 1 saturated heterocycles. The number of hydrogen-bond donors (Lipinski definition) is 0. The first-order chi connectivity index (χ1) is 10.4. The van der Waals surface area contributed by atoms with Gasteiger partial charge in [0.25, 0.3) is 0 Å². The molecule has 1 unspecified atom stereocenters. The molecule has 21 heavy (non-hydrogen) atoms. The SMILES string of the molecule is c1ccc(Oc2ccc(C[SiH2]C3CCCCO3)cc2)cc1. The minimum atomic E-state index is -0.165. The summed E-state index contributed by atoms with van der Waals surface area (Å²) in [5, 5.41) is 0. The van der Waals surface area contributed by atoms with Gasteiger partial charge in [0.15, 0.2) is 0 Å². The lowest BCUT2D eigenvalue weighted by atomic mass is 10.2. The third kappa shape index (κ3) is 4.44. The first-order valence-electron chi connectivity index (χ1n) is 7.83. The summed E-state index contributed by atoms with van der Waals surface area (Å²) in [7, 11) is -0.165. The molecule has 1 heterocycles. The molecule has 1 fully saturated rings. The summed E-state index contributed by atoms with van der Waals surface area (Å²) in [4.78, 5) is 0. The van der Waals surface area contributed by atoms with Crippen molar-refractivity contribution in [3.05, 3.63) is 60.2 Å². The maximum absolute atomic E-state index is 5.84. The van der Waals surface area contributed by atoms with Crippen molar-refractivity contribution in [2.75, 3.05) is 6.61 Å². The molecule has 110 valence electrons. The van der Waals surface area contributed by atoms with Crippen LogP contribution in [0.2, 0.25) is 0 Å². The Bertz CT molecular complexity index is 533. The Balaban J connectivity index is 1.51. The quantitative estimate of drug-likeness (QED) is 0.784. The zero-order valence-electron chi connectivity index (χ0n) is 12.3. The Labute approximate surface area is 128 Å². The highest BCUT2D eigenvalue weighted by atomic mass is 28.2.